The average Bonchev–Trinajstić information content (AvgIpc) is 3.05. The molecule has 162 valence electrons. The summed E-state index contributed by atoms with van der Waals surface area (Å²) < 4.78 is 4.80. The van der Waals surface area contributed by atoms with Crippen LogP contribution < -0.4 is 5.32 Å². The molecule has 8 nitrogen and oxygen atoms in total. The number of rotatable bonds is 8. The minimum atomic E-state index is -0.904. The molecular formula is C22H23N3O5S. The molecule has 3 rings (SSSR count). The van der Waals surface area contributed by atoms with Crippen LogP contribution in [0.3, 0.4) is 0 Å². The summed E-state index contributed by atoms with van der Waals surface area (Å²) in [5.74, 6) is -1.16. The number of imide groups is 1. The van der Waals surface area contributed by atoms with Crippen molar-refractivity contribution in [2.24, 2.45) is 0 Å². The highest BCUT2D eigenvalue weighted by atomic mass is 32.2. The van der Waals surface area contributed by atoms with E-state index in [9.17, 15) is 19.2 Å². The van der Waals surface area contributed by atoms with Gasteiger partial charge < -0.3 is 10.1 Å². The molecule has 0 bridgehead atoms. The summed E-state index contributed by atoms with van der Waals surface area (Å²) in [6, 6.07) is 13.7. The molecule has 0 saturated carbocycles. The summed E-state index contributed by atoms with van der Waals surface area (Å²) in [7, 11) is 1.24. The van der Waals surface area contributed by atoms with E-state index >= 15 is 0 Å². The smallest absolute Gasteiger partial charge is 0.337 e. The number of nitrogens with zero attached hydrogens (tertiary/aromatic N) is 2. The van der Waals surface area contributed by atoms with Crippen LogP contribution in [0.4, 0.5) is 4.79 Å². The number of carbonyl (C=O) groups is 4. The second-order valence-electron chi connectivity index (χ2n) is 6.82. The van der Waals surface area contributed by atoms with Crippen LogP contribution in [0.15, 0.2) is 54.6 Å². The van der Waals surface area contributed by atoms with Crippen molar-refractivity contribution in [3.05, 3.63) is 71.3 Å². The second kappa shape index (κ2) is 10.1. The molecule has 4 amide bonds. The third-order valence-corrected chi connectivity index (χ3v) is 5.46. The van der Waals surface area contributed by atoms with Gasteiger partial charge in [0.15, 0.2) is 0 Å². The van der Waals surface area contributed by atoms with Crippen LogP contribution in [-0.4, -0.2) is 59.0 Å². The van der Waals surface area contributed by atoms with Crippen LogP contribution >= 0.6 is 11.8 Å². The van der Waals surface area contributed by atoms with E-state index in [4.69, 9.17) is 4.74 Å². The maximum absolute atomic E-state index is 13.2. The Bertz CT molecular complexity index is 947. The summed E-state index contributed by atoms with van der Waals surface area (Å²) in [5.41, 5.74) is 1.17. The molecule has 1 unspecified atom stereocenters. The van der Waals surface area contributed by atoms with Gasteiger partial charge in [0, 0.05) is 0 Å². The fourth-order valence-corrected chi connectivity index (χ4v) is 3.71. The zero-order valence-electron chi connectivity index (χ0n) is 17.2. The van der Waals surface area contributed by atoms with Gasteiger partial charge in [-0.05, 0) is 36.1 Å². The van der Waals surface area contributed by atoms with E-state index in [-0.39, 0.29) is 17.7 Å². The van der Waals surface area contributed by atoms with Crippen LogP contribution in [0.5, 0.6) is 0 Å². The number of nitrogens with one attached hydrogen (secondary N) is 1. The molecule has 1 aliphatic heterocycles. The summed E-state index contributed by atoms with van der Waals surface area (Å²) in [6.07, 6.45) is 2.23. The number of esters is 1. The van der Waals surface area contributed by atoms with Crippen LogP contribution in [0.1, 0.15) is 32.7 Å². The number of fused-ring (bicyclic) bond motifs is 1. The molecule has 0 spiro atoms. The molecule has 1 atom stereocenters. The van der Waals surface area contributed by atoms with Crippen molar-refractivity contribution in [3.63, 3.8) is 0 Å². The number of methoxy groups -OCH3 is 1. The number of carbonyl (C=O) groups excluding carboxylic acids is 4. The first-order chi connectivity index (χ1) is 15.0. The molecule has 1 aliphatic rings. The predicted octanol–water partition coefficient (Wildman–Crippen LogP) is 2.70. The van der Waals surface area contributed by atoms with Gasteiger partial charge in [0.05, 0.1) is 24.8 Å². The fraction of sp³-hybridized carbons (Fsp3) is 0.273. The van der Waals surface area contributed by atoms with Crippen molar-refractivity contribution in [1.82, 2.24) is 15.3 Å². The SMILES string of the molecule is COC(=O)C(CCSC)NC(=O)N(Cc1ccccc1)N1C(=O)c2ccccc2C1=O. The molecule has 2 aromatic carbocycles. The van der Waals surface area contributed by atoms with Crippen LogP contribution in [0, 0.1) is 0 Å². The van der Waals surface area contributed by atoms with E-state index in [1.54, 1.807) is 48.5 Å². The minimum absolute atomic E-state index is 0.0332. The maximum Gasteiger partial charge on any atom is 0.337 e. The molecular weight excluding hydrogens is 418 g/mol. The van der Waals surface area contributed by atoms with E-state index in [0.717, 1.165) is 10.0 Å². The van der Waals surface area contributed by atoms with Gasteiger partial charge in [0.2, 0.25) is 0 Å². The number of thioether (sulfide) groups is 1. The lowest BCUT2D eigenvalue weighted by molar-refractivity contribution is -0.143. The molecule has 0 aliphatic carbocycles. The normalized spacial score (nSPS) is 13.5. The standard InChI is InChI=1S/C22H23N3O5S/c1-30-21(28)18(12-13-31-2)23-22(29)24(14-15-8-4-3-5-9-15)25-19(26)16-10-6-7-11-17(16)20(25)27/h3-11,18H,12-14H2,1-2H3,(H,23,29). The lowest BCUT2D eigenvalue weighted by Crippen LogP contribution is -2.56. The van der Waals surface area contributed by atoms with Gasteiger partial charge in [0.25, 0.3) is 11.8 Å². The fourth-order valence-electron chi connectivity index (χ4n) is 3.24. The lowest BCUT2D eigenvalue weighted by Gasteiger charge is -2.31. The highest BCUT2D eigenvalue weighted by Gasteiger charge is 2.42. The maximum atomic E-state index is 13.2. The monoisotopic (exact) mass is 441 g/mol. The van der Waals surface area contributed by atoms with Gasteiger partial charge in [-0.15, -0.1) is 0 Å². The molecule has 1 N–H and O–H groups in total. The minimum Gasteiger partial charge on any atom is -0.467 e. The van der Waals surface area contributed by atoms with Crippen LogP contribution in [0.25, 0.3) is 0 Å². The Hall–Kier alpha value is -3.33. The van der Waals surface area contributed by atoms with Gasteiger partial charge in [0.1, 0.15) is 6.04 Å². The van der Waals surface area contributed by atoms with Crippen LogP contribution in [-0.2, 0) is 16.1 Å². The zero-order chi connectivity index (χ0) is 22.4. The summed E-state index contributed by atoms with van der Waals surface area (Å²) in [4.78, 5) is 51.3. The number of hydrogen-bond donors (Lipinski definition) is 1. The zero-order valence-corrected chi connectivity index (χ0v) is 18.1. The van der Waals surface area contributed by atoms with Crippen molar-refractivity contribution in [1.29, 1.82) is 0 Å². The number of benzene rings is 2. The second-order valence-corrected chi connectivity index (χ2v) is 7.80. The number of hydrazine groups is 1. The number of amides is 4. The largest absolute Gasteiger partial charge is 0.467 e. The first-order valence-electron chi connectivity index (χ1n) is 9.64. The summed E-state index contributed by atoms with van der Waals surface area (Å²) in [5, 5.41) is 4.49. The van der Waals surface area contributed by atoms with Crippen molar-refractivity contribution < 1.29 is 23.9 Å². The Kier molecular flexibility index (Phi) is 7.30. The van der Waals surface area contributed by atoms with E-state index in [1.807, 2.05) is 12.3 Å². The molecule has 31 heavy (non-hydrogen) atoms. The van der Waals surface area contributed by atoms with Crippen LogP contribution in [0.2, 0.25) is 0 Å². The molecule has 9 heteroatoms. The average molecular weight is 442 g/mol. The van der Waals surface area contributed by atoms with Gasteiger partial charge in [-0.25, -0.2) is 14.6 Å². The van der Waals surface area contributed by atoms with E-state index in [2.05, 4.69) is 5.32 Å². The third kappa shape index (κ3) is 4.88. The summed E-state index contributed by atoms with van der Waals surface area (Å²) >= 11 is 1.52. The Morgan fingerprint density at radius 3 is 2.16 bits per heavy atom. The first-order valence-corrected chi connectivity index (χ1v) is 11.0. The van der Waals surface area contributed by atoms with Gasteiger partial charge in [-0.2, -0.15) is 16.8 Å². The van der Waals surface area contributed by atoms with Crippen molar-refractivity contribution in [2.75, 3.05) is 19.1 Å². The number of ether oxygens (including phenoxy) is 1. The number of hydrogen-bond acceptors (Lipinski definition) is 6. The summed E-state index contributed by atoms with van der Waals surface area (Å²) in [6.45, 7) is -0.0332. The van der Waals surface area contributed by atoms with E-state index < -0.39 is 29.9 Å². The quantitative estimate of drug-likeness (QED) is 0.500. The molecule has 0 fully saturated rings. The molecule has 0 saturated heterocycles. The Morgan fingerprint density at radius 1 is 1.03 bits per heavy atom. The highest BCUT2D eigenvalue weighted by molar-refractivity contribution is 7.98. The third-order valence-electron chi connectivity index (χ3n) is 4.82. The first kappa shape index (κ1) is 22.4. The molecule has 0 aromatic heterocycles. The molecule has 0 radical (unpaired) electrons. The van der Waals surface area contributed by atoms with Crippen molar-refractivity contribution in [3.8, 4) is 0 Å². The topological polar surface area (TPSA) is 96.0 Å². The van der Waals surface area contributed by atoms with Crippen molar-refractivity contribution in [2.45, 2.75) is 19.0 Å². The Labute approximate surface area is 184 Å². The predicted molar refractivity (Wildman–Crippen MR) is 116 cm³/mol. The Morgan fingerprint density at radius 2 is 1.61 bits per heavy atom. The molecule has 2 aromatic rings. The van der Waals surface area contributed by atoms with Gasteiger partial charge >= 0.3 is 12.0 Å². The number of urea groups is 1. The van der Waals surface area contributed by atoms with E-state index in [0.29, 0.717) is 17.7 Å². The van der Waals surface area contributed by atoms with Gasteiger partial charge in [-0.3, -0.25) is 9.59 Å². The Balaban J connectivity index is 1.91. The molecule has 1 heterocycles. The lowest BCUT2D eigenvalue weighted by atomic mass is 10.1. The highest BCUT2D eigenvalue weighted by Crippen LogP contribution is 2.25. The van der Waals surface area contributed by atoms with Crippen molar-refractivity contribution >= 4 is 35.6 Å². The van der Waals surface area contributed by atoms with E-state index in [1.165, 1.54) is 18.9 Å². The van der Waals surface area contributed by atoms with Gasteiger partial charge in [-0.1, -0.05) is 42.5 Å².